The summed E-state index contributed by atoms with van der Waals surface area (Å²) in [6.07, 6.45) is 1.14. The van der Waals surface area contributed by atoms with E-state index in [1.165, 1.54) is 24.2 Å². The average Bonchev–Trinajstić information content (AvgIpc) is 2.16. The molecule has 0 aromatic heterocycles. The SMILES string of the molecule is CCc1ccc(C2CN(C(C)C)C2)cc1. The molecule has 0 bridgehead atoms. The van der Waals surface area contributed by atoms with E-state index in [1.807, 2.05) is 0 Å². The number of benzene rings is 1. The lowest BCUT2D eigenvalue weighted by atomic mass is 9.90. The minimum absolute atomic E-state index is 0.705. The van der Waals surface area contributed by atoms with Gasteiger partial charge in [-0.1, -0.05) is 31.2 Å². The van der Waals surface area contributed by atoms with Crippen LogP contribution in [0.4, 0.5) is 0 Å². The van der Waals surface area contributed by atoms with Crippen molar-refractivity contribution in [2.24, 2.45) is 0 Å². The standard InChI is InChI=1S/C14H21N/c1-4-12-5-7-13(8-6-12)14-9-15(10-14)11(2)3/h5-8,11,14H,4,9-10H2,1-3H3. The molecule has 0 N–H and O–H groups in total. The van der Waals surface area contributed by atoms with Crippen molar-refractivity contribution in [3.63, 3.8) is 0 Å². The lowest BCUT2D eigenvalue weighted by Crippen LogP contribution is -2.48. The van der Waals surface area contributed by atoms with Gasteiger partial charge in [-0.25, -0.2) is 0 Å². The third-order valence-electron chi connectivity index (χ3n) is 3.50. The van der Waals surface area contributed by atoms with Gasteiger partial charge >= 0.3 is 0 Å². The molecule has 82 valence electrons. The van der Waals surface area contributed by atoms with Crippen LogP contribution in [0.15, 0.2) is 24.3 Å². The largest absolute Gasteiger partial charge is 0.300 e. The Hall–Kier alpha value is -0.820. The van der Waals surface area contributed by atoms with Crippen molar-refractivity contribution in [1.82, 2.24) is 4.90 Å². The fraction of sp³-hybridized carbons (Fsp3) is 0.571. The highest BCUT2D eigenvalue weighted by Gasteiger charge is 2.29. The first-order chi connectivity index (χ1) is 7.20. The monoisotopic (exact) mass is 203 g/mol. The third-order valence-corrected chi connectivity index (χ3v) is 3.50. The molecule has 0 atom stereocenters. The van der Waals surface area contributed by atoms with Crippen molar-refractivity contribution in [1.29, 1.82) is 0 Å². The maximum Gasteiger partial charge on any atom is 0.00938 e. The molecule has 1 aromatic carbocycles. The quantitative estimate of drug-likeness (QED) is 0.730. The van der Waals surface area contributed by atoms with Crippen LogP contribution < -0.4 is 0 Å². The zero-order chi connectivity index (χ0) is 10.8. The first kappa shape index (κ1) is 10.7. The second kappa shape index (κ2) is 4.36. The van der Waals surface area contributed by atoms with Crippen LogP contribution >= 0.6 is 0 Å². The molecule has 0 radical (unpaired) electrons. The molecule has 0 aliphatic carbocycles. The van der Waals surface area contributed by atoms with Crippen LogP contribution in [-0.4, -0.2) is 24.0 Å². The van der Waals surface area contributed by atoms with E-state index in [0.29, 0.717) is 6.04 Å². The van der Waals surface area contributed by atoms with Gasteiger partial charge in [0.2, 0.25) is 0 Å². The first-order valence-electron chi connectivity index (χ1n) is 6.03. The normalized spacial score (nSPS) is 18.1. The van der Waals surface area contributed by atoms with Gasteiger partial charge in [-0.05, 0) is 31.4 Å². The summed E-state index contributed by atoms with van der Waals surface area (Å²) in [5, 5.41) is 0. The number of aryl methyl sites for hydroxylation is 1. The van der Waals surface area contributed by atoms with E-state index in [-0.39, 0.29) is 0 Å². The molecule has 1 heteroatoms. The summed E-state index contributed by atoms with van der Waals surface area (Å²) in [7, 11) is 0. The Labute approximate surface area is 93.1 Å². The number of nitrogens with zero attached hydrogens (tertiary/aromatic N) is 1. The van der Waals surface area contributed by atoms with E-state index in [2.05, 4.69) is 49.9 Å². The molecule has 0 spiro atoms. The molecule has 1 aromatic rings. The van der Waals surface area contributed by atoms with Crippen molar-refractivity contribution in [3.8, 4) is 0 Å². The minimum Gasteiger partial charge on any atom is -0.300 e. The van der Waals surface area contributed by atoms with Crippen molar-refractivity contribution in [2.75, 3.05) is 13.1 Å². The molecule has 1 fully saturated rings. The molecule has 1 nitrogen and oxygen atoms in total. The molecular weight excluding hydrogens is 182 g/mol. The van der Waals surface area contributed by atoms with E-state index >= 15 is 0 Å². The fourth-order valence-electron chi connectivity index (χ4n) is 2.17. The van der Waals surface area contributed by atoms with E-state index < -0.39 is 0 Å². The average molecular weight is 203 g/mol. The summed E-state index contributed by atoms with van der Waals surface area (Å²) >= 11 is 0. The van der Waals surface area contributed by atoms with Gasteiger partial charge in [-0.3, -0.25) is 4.90 Å². The summed E-state index contributed by atoms with van der Waals surface area (Å²) < 4.78 is 0. The van der Waals surface area contributed by atoms with E-state index in [1.54, 1.807) is 0 Å². The van der Waals surface area contributed by atoms with Gasteiger partial charge in [0.25, 0.3) is 0 Å². The van der Waals surface area contributed by atoms with Crippen LogP contribution in [0.5, 0.6) is 0 Å². The van der Waals surface area contributed by atoms with Gasteiger partial charge in [0.15, 0.2) is 0 Å². The molecule has 0 saturated carbocycles. The van der Waals surface area contributed by atoms with Crippen LogP contribution in [0.3, 0.4) is 0 Å². The summed E-state index contributed by atoms with van der Waals surface area (Å²) in [5.41, 5.74) is 2.96. The highest BCUT2D eigenvalue weighted by molar-refractivity contribution is 5.27. The van der Waals surface area contributed by atoms with E-state index in [0.717, 1.165) is 12.3 Å². The van der Waals surface area contributed by atoms with Crippen molar-refractivity contribution in [2.45, 2.75) is 39.2 Å². The highest BCUT2D eigenvalue weighted by atomic mass is 15.2. The number of rotatable bonds is 3. The molecule has 0 amide bonds. The van der Waals surface area contributed by atoms with Gasteiger partial charge in [0, 0.05) is 25.0 Å². The van der Waals surface area contributed by atoms with Crippen LogP contribution in [0.2, 0.25) is 0 Å². The summed E-state index contributed by atoms with van der Waals surface area (Å²) in [5.74, 6) is 0.776. The second-order valence-corrected chi connectivity index (χ2v) is 4.84. The summed E-state index contributed by atoms with van der Waals surface area (Å²) in [6.45, 7) is 9.23. The third kappa shape index (κ3) is 2.23. The predicted octanol–water partition coefficient (Wildman–Crippen LogP) is 3.06. The number of hydrogen-bond donors (Lipinski definition) is 0. The predicted molar refractivity (Wildman–Crippen MR) is 65.3 cm³/mol. The summed E-state index contributed by atoms with van der Waals surface area (Å²) in [6, 6.07) is 9.86. The van der Waals surface area contributed by atoms with Crippen molar-refractivity contribution < 1.29 is 0 Å². The van der Waals surface area contributed by atoms with Gasteiger partial charge in [0.1, 0.15) is 0 Å². The van der Waals surface area contributed by atoms with E-state index in [4.69, 9.17) is 0 Å². The van der Waals surface area contributed by atoms with Gasteiger partial charge in [0.05, 0.1) is 0 Å². The fourth-order valence-corrected chi connectivity index (χ4v) is 2.17. The zero-order valence-corrected chi connectivity index (χ0v) is 10.0. The maximum absolute atomic E-state index is 2.53. The number of hydrogen-bond acceptors (Lipinski definition) is 1. The van der Waals surface area contributed by atoms with Crippen LogP contribution in [0, 0.1) is 0 Å². The Morgan fingerprint density at radius 3 is 2.27 bits per heavy atom. The molecule has 1 saturated heterocycles. The molecule has 1 heterocycles. The van der Waals surface area contributed by atoms with Crippen molar-refractivity contribution in [3.05, 3.63) is 35.4 Å². The minimum atomic E-state index is 0.705. The Bertz CT molecular complexity index is 307. The first-order valence-corrected chi connectivity index (χ1v) is 6.03. The second-order valence-electron chi connectivity index (χ2n) is 4.84. The molecule has 0 unspecified atom stereocenters. The molecular formula is C14H21N. The van der Waals surface area contributed by atoms with E-state index in [9.17, 15) is 0 Å². The highest BCUT2D eigenvalue weighted by Crippen LogP contribution is 2.28. The molecule has 1 aliphatic heterocycles. The van der Waals surface area contributed by atoms with Gasteiger partial charge < -0.3 is 0 Å². The lowest BCUT2D eigenvalue weighted by molar-refractivity contribution is 0.110. The smallest absolute Gasteiger partial charge is 0.00938 e. The number of likely N-dealkylation sites (tertiary alicyclic amines) is 1. The maximum atomic E-state index is 2.53. The van der Waals surface area contributed by atoms with Crippen LogP contribution in [0.1, 0.15) is 37.8 Å². The lowest BCUT2D eigenvalue weighted by Gasteiger charge is -2.42. The Balaban J connectivity index is 1.95. The molecule has 15 heavy (non-hydrogen) atoms. The Kier molecular flexibility index (Phi) is 3.11. The molecule has 2 rings (SSSR count). The zero-order valence-electron chi connectivity index (χ0n) is 10.0. The Morgan fingerprint density at radius 1 is 1.20 bits per heavy atom. The Morgan fingerprint density at radius 2 is 1.80 bits per heavy atom. The van der Waals surface area contributed by atoms with Crippen LogP contribution in [-0.2, 0) is 6.42 Å². The topological polar surface area (TPSA) is 3.24 Å². The summed E-state index contributed by atoms with van der Waals surface area (Å²) in [4.78, 5) is 2.53. The molecule has 1 aliphatic rings. The van der Waals surface area contributed by atoms with Crippen LogP contribution in [0.25, 0.3) is 0 Å². The van der Waals surface area contributed by atoms with Gasteiger partial charge in [-0.2, -0.15) is 0 Å². The van der Waals surface area contributed by atoms with Gasteiger partial charge in [-0.15, -0.1) is 0 Å². The van der Waals surface area contributed by atoms with Crippen molar-refractivity contribution >= 4 is 0 Å².